The Balaban J connectivity index is -0.000000845. The summed E-state index contributed by atoms with van der Waals surface area (Å²) in [6, 6.07) is 0. The van der Waals surface area contributed by atoms with Crippen molar-refractivity contribution in [2.24, 2.45) is 11.3 Å². The molecule has 0 aromatic carbocycles. The minimum atomic E-state index is -1.84. The maximum atomic E-state index is 10.9. The van der Waals surface area contributed by atoms with E-state index in [0.29, 0.717) is 6.42 Å². The van der Waals surface area contributed by atoms with Gasteiger partial charge in [-0.25, -0.2) is 0 Å². The van der Waals surface area contributed by atoms with Gasteiger partial charge in [0.25, 0.3) is 0 Å². The van der Waals surface area contributed by atoms with Crippen LogP contribution < -0.4 is 69.3 Å². The van der Waals surface area contributed by atoms with Gasteiger partial charge in [0, 0.05) is 0 Å². The van der Waals surface area contributed by atoms with Crippen LogP contribution in [0.5, 0.6) is 0 Å². The Bertz CT molecular complexity index is 215. The molecule has 0 aromatic heterocycles. The molecular formula is C10H16Na2O4. The zero-order valence-corrected chi connectivity index (χ0v) is 14.8. The minimum absolute atomic E-state index is 0. The molecule has 0 amide bonds. The Morgan fingerprint density at radius 1 is 1.12 bits per heavy atom. The van der Waals surface area contributed by atoms with Crippen LogP contribution in [-0.4, -0.2) is 11.9 Å². The van der Waals surface area contributed by atoms with Gasteiger partial charge in [-0.05, 0) is 12.3 Å². The van der Waals surface area contributed by atoms with Gasteiger partial charge in [0.1, 0.15) is 0 Å². The van der Waals surface area contributed by atoms with Crippen molar-refractivity contribution < 1.29 is 78.9 Å². The molecule has 4 nitrogen and oxygen atoms in total. The van der Waals surface area contributed by atoms with Crippen molar-refractivity contribution in [2.45, 2.75) is 40.0 Å². The predicted molar refractivity (Wildman–Crippen MR) is 46.8 cm³/mol. The van der Waals surface area contributed by atoms with Crippen LogP contribution in [0.2, 0.25) is 0 Å². The molecule has 0 rings (SSSR count). The molecule has 0 aliphatic heterocycles. The van der Waals surface area contributed by atoms with E-state index in [2.05, 4.69) is 0 Å². The van der Waals surface area contributed by atoms with Gasteiger partial charge in [-0.2, -0.15) is 0 Å². The summed E-state index contributed by atoms with van der Waals surface area (Å²) in [4.78, 5) is 21.8. The molecule has 0 fully saturated rings. The molecule has 0 aliphatic rings. The number of carbonyl (C=O) groups is 2. The molecule has 0 spiro atoms. The second kappa shape index (κ2) is 9.92. The van der Waals surface area contributed by atoms with Crippen molar-refractivity contribution >= 4 is 11.9 Å². The van der Waals surface area contributed by atoms with E-state index < -0.39 is 23.3 Å². The molecule has 0 aliphatic carbocycles. The van der Waals surface area contributed by atoms with E-state index in [-0.39, 0.29) is 65.5 Å². The Morgan fingerprint density at radius 3 is 1.69 bits per heavy atom. The molecule has 6 heteroatoms. The number of hydrogen-bond acceptors (Lipinski definition) is 4. The van der Waals surface area contributed by atoms with E-state index in [9.17, 15) is 19.8 Å². The second-order valence-corrected chi connectivity index (χ2v) is 3.80. The summed E-state index contributed by atoms with van der Waals surface area (Å²) in [5.74, 6) is -3.61. The summed E-state index contributed by atoms with van der Waals surface area (Å²) < 4.78 is 0. The standard InChI is InChI=1S/C10H18O4.2Na/c1-4-5-6-10(7(2)3,8(11)12)9(13)14;;/h7H,4-6H2,1-3H3,(H,11,12)(H,13,14);;/q;2*+1/p-2. The number of unbranched alkanes of at least 4 members (excludes halogenated alkanes) is 1. The maximum Gasteiger partial charge on any atom is 1.00 e. The van der Waals surface area contributed by atoms with Crippen LogP contribution in [0.3, 0.4) is 0 Å². The molecule has 0 atom stereocenters. The molecule has 0 saturated carbocycles. The van der Waals surface area contributed by atoms with Crippen LogP contribution in [0.1, 0.15) is 40.0 Å². The average molecular weight is 246 g/mol. The first-order valence-corrected chi connectivity index (χ1v) is 4.82. The van der Waals surface area contributed by atoms with E-state index in [1.54, 1.807) is 13.8 Å². The van der Waals surface area contributed by atoms with Gasteiger partial charge < -0.3 is 19.8 Å². The first-order valence-electron chi connectivity index (χ1n) is 4.82. The fraction of sp³-hybridized carbons (Fsp3) is 0.800. The van der Waals surface area contributed by atoms with Crippen LogP contribution in [0.15, 0.2) is 0 Å². The number of rotatable bonds is 6. The molecule has 0 heterocycles. The first kappa shape index (κ1) is 22.1. The SMILES string of the molecule is CCCCC(C(=O)[O-])(C(=O)[O-])C(C)C.[Na+].[Na+]. The number of aliphatic carboxylic acids is 2. The summed E-state index contributed by atoms with van der Waals surface area (Å²) in [7, 11) is 0. The maximum absolute atomic E-state index is 10.9. The molecular weight excluding hydrogens is 230 g/mol. The van der Waals surface area contributed by atoms with Crippen molar-refractivity contribution in [1.82, 2.24) is 0 Å². The van der Waals surface area contributed by atoms with E-state index in [0.717, 1.165) is 6.42 Å². The van der Waals surface area contributed by atoms with Gasteiger partial charge >= 0.3 is 59.1 Å². The summed E-state index contributed by atoms with van der Waals surface area (Å²) in [5.41, 5.74) is -1.84. The predicted octanol–water partition coefficient (Wildman–Crippen LogP) is -6.67. The zero-order chi connectivity index (χ0) is 11.4. The Labute approximate surface area is 141 Å². The Kier molecular flexibility index (Phi) is 13.7. The van der Waals surface area contributed by atoms with Crippen molar-refractivity contribution in [2.75, 3.05) is 0 Å². The number of carbonyl (C=O) groups excluding carboxylic acids is 2. The van der Waals surface area contributed by atoms with Crippen LogP contribution in [-0.2, 0) is 9.59 Å². The van der Waals surface area contributed by atoms with Crippen molar-refractivity contribution in [3.05, 3.63) is 0 Å². The second-order valence-electron chi connectivity index (χ2n) is 3.80. The van der Waals surface area contributed by atoms with E-state index in [1.165, 1.54) is 0 Å². The molecule has 0 unspecified atom stereocenters. The zero-order valence-electron chi connectivity index (χ0n) is 10.8. The van der Waals surface area contributed by atoms with Gasteiger partial charge in [-0.3, -0.25) is 0 Å². The van der Waals surface area contributed by atoms with Gasteiger partial charge in [0.05, 0.1) is 17.4 Å². The normalized spacial score (nSPS) is 10.2. The van der Waals surface area contributed by atoms with Gasteiger partial charge in [-0.15, -0.1) is 0 Å². The van der Waals surface area contributed by atoms with Gasteiger partial charge in [0.2, 0.25) is 0 Å². The van der Waals surface area contributed by atoms with Gasteiger partial charge in [0.15, 0.2) is 0 Å². The van der Waals surface area contributed by atoms with Crippen molar-refractivity contribution in [3.63, 3.8) is 0 Å². The fourth-order valence-corrected chi connectivity index (χ4v) is 1.50. The molecule has 82 valence electrons. The molecule has 16 heavy (non-hydrogen) atoms. The smallest absolute Gasteiger partial charge is 0.549 e. The van der Waals surface area contributed by atoms with Gasteiger partial charge in [-0.1, -0.05) is 33.6 Å². The molecule has 0 N–H and O–H groups in total. The van der Waals surface area contributed by atoms with Crippen LogP contribution in [0.25, 0.3) is 0 Å². The third kappa shape index (κ3) is 5.07. The topological polar surface area (TPSA) is 80.3 Å². The molecule has 0 radical (unpaired) electrons. The summed E-state index contributed by atoms with van der Waals surface area (Å²) in [6.45, 7) is 4.98. The largest absolute Gasteiger partial charge is 1.00 e. The van der Waals surface area contributed by atoms with Crippen LogP contribution >= 0.6 is 0 Å². The van der Waals surface area contributed by atoms with Crippen molar-refractivity contribution in [1.29, 1.82) is 0 Å². The number of carboxylic acid groups (broad SMARTS) is 2. The summed E-state index contributed by atoms with van der Waals surface area (Å²) >= 11 is 0. The monoisotopic (exact) mass is 246 g/mol. The average Bonchev–Trinajstić information content (AvgIpc) is 2.03. The minimum Gasteiger partial charge on any atom is -0.549 e. The Morgan fingerprint density at radius 2 is 1.50 bits per heavy atom. The van der Waals surface area contributed by atoms with E-state index in [4.69, 9.17) is 0 Å². The van der Waals surface area contributed by atoms with Crippen LogP contribution in [0, 0.1) is 11.3 Å². The van der Waals surface area contributed by atoms with Crippen molar-refractivity contribution in [3.8, 4) is 0 Å². The number of carboxylic acids is 2. The van der Waals surface area contributed by atoms with E-state index >= 15 is 0 Å². The molecule has 0 aromatic rings. The Hall–Kier alpha value is 0.940. The molecule has 0 bridgehead atoms. The van der Waals surface area contributed by atoms with Crippen LogP contribution in [0.4, 0.5) is 0 Å². The summed E-state index contributed by atoms with van der Waals surface area (Å²) in [6.07, 6.45) is 1.36. The van der Waals surface area contributed by atoms with E-state index in [1.807, 2.05) is 6.92 Å². The number of hydrogen-bond donors (Lipinski definition) is 0. The summed E-state index contributed by atoms with van der Waals surface area (Å²) in [5, 5.41) is 21.8. The third-order valence-corrected chi connectivity index (χ3v) is 2.64. The third-order valence-electron chi connectivity index (χ3n) is 2.64. The fourth-order valence-electron chi connectivity index (χ4n) is 1.50. The first-order chi connectivity index (χ1) is 6.39. The molecule has 0 saturated heterocycles. The quantitative estimate of drug-likeness (QED) is 0.345.